The molecule has 0 saturated heterocycles. The van der Waals surface area contributed by atoms with Crippen molar-refractivity contribution in [2.24, 2.45) is 0 Å². The summed E-state index contributed by atoms with van der Waals surface area (Å²) in [6.07, 6.45) is -9.01. The topological polar surface area (TPSA) is 66.8 Å². The molecule has 0 fully saturated rings. The largest absolute Gasteiger partial charge is 0.470 e. The number of alkyl halides is 5. The maximum absolute atomic E-state index is 13.6. The molecule has 0 amide bonds. The van der Waals surface area contributed by atoms with Crippen LogP contribution in [0.5, 0.6) is 0 Å². The van der Waals surface area contributed by atoms with Crippen molar-refractivity contribution in [1.82, 2.24) is 0 Å². The first-order valence-corrected chi connectivity index (χ1v) is 6.52. The van der Waals surface area contributed by atoms with Crippen LogP contribution in [0.3, 0.4) is 0 Å². The van der Waals surface area contributed by atoms with Gasteiger partial charge in [-0.3, -0.25) is 4.52 Å². The molecule has 0 heterocycles. The molecule has 0 spiro atoms. The molecule has 18 heavy (non-hydrogen) atoms. The van der Waals surface area contributed by atoms with E-state index in [1.807, 2.05) is 0 Å². The van der Waals surface area contributed by atoms with E-state index in [2.05, 4.69) is 4.52 Å². The molecule has 0 saturated carbocycles. The van der Waals surface area contributed by atoms with Crippen molar-refractivity contribution in [3.05, 3.63) is 0 Å². The van der Waals surface area contributed by atoms with Crippen molar-refractivity contribution in [3.63, 3.8) is 0 Å². The molecule has 0 aliphatic heterocycles. The fraction of sp³-hybridized carbons (Fsp3) is 1.00. The molecule has 110 valence electrons. The Morgan fingerprint density at radius 2 is 1.44 bits per heavy atom. The van der Waals surface area contributed by atoms with Gasteiger partial charge in [-0.05, 0) is 12.8 Å². The Kier molecular flexibility index (Phi) is 5.33. The van der Waals surface area contributed by atoms with Gasteiger partial charge in [0, 0.05) is 0 Å². The molecular weight excluding hydrogens is 286 g/mol. The molecule has 0 atom stereocenters. The predicted octanol–water partition coefficient (Wildman–Crippen LogP) is 3.24. The number of halogens is 5. The number of phosphoric ester groups is 1. The highest BCUT2D eigenvalue weighted by molar-refractivity contribution is 7.46. The average Bonchev–Trinajstić information content (AvgIpc) is 2.08. The molecule has 0 rings (SSSR count). The zero-order valence-corrected chi connectivity index (χ0v) is 10.6. The molecule has 0 aliphatic rings. The van der Waals surface area contributed by atoms with Crippen molar-refractivity contribution in [2.75, 3.05) is 0 Å². The Morgan fingerprint density at radius 3 is 1.67 bits per heavy atom. The highest BCUT2D eigenvalue weighted by Gasteiger charge is 2.59. The van der Waals surface area contributed by atoms with Gasteiger partial charge in [0.2, 0.25) is 0 Å². The first kappa shape index (κ1) is 17.8. The molecule has 0 aromatic rings. The van der Waals surface area contributed by atoms with Crippen LogP contribution in [0.15, 0.2) is 0 Å². The summed E-state index contributed by atoms with van der Waals surface area (Å²) in [4.78, 5) is 17.1. The molecule has 0 unspecified atom stereocenters. The lowest BCUT2D eigenvalue weighted by Gasteiger charge is -2.38. The second-order valence-corrected chi connectivity index (χ2v) is 4.94. The van der Waals surface area contributed by atoms with E-state index < -0.39 is 44.8 Å². The first-order chi connectivity index (χ1) is 7.79. The lowest BCUT2D eigenvalue weighted by molar-refractivity contribution is -0.244. The quantitative estimate of drug-likeness (QED) is 0.584. The number of hydrogen-bond donors (Lipinski definition) is 2. The van der Waals surface area contributed by atoms with Crippen molar-refractivity contribution in [2.45, 2.75) is 50.8 Å². The zero-order valence-electron chi connectivity index (χ0n) is 9.67. The number of phosphoric acid groups is 1. The standard InChI is InChI=1S/C8H14F5O4P/c1-3-6(4-2,17-18(14,15)16)7(9,10)5-8(11,12)13/h3-5H2,1-2H3,(H2,14,15,16). The monoisotopic (exact) mass is 300 g/mol. The highest BCUT2D eigenvalue weighted by Crippen LogP contribution is 2.52. The minimum Gasteiger partial charge on any atom is -0.303 e. The summed E-state index contributed by atoms with van der Waals surface area (Å²) in [5.41, 5.74) is -2.85. The second-order valence-electron chi connectivity index (χ2n) is 3.78. The van der Waals surface area contributed by atoms with E-state index in [0.29, 0.717) is 0 Å². The molecule has 0 aliphatic carbocycles. The van der Waals surface area contributed by atoms with Crippen LogP contribution in [0.25, 0.3) is 0 Å². The average molecular weight is 300 g/mol. The third-order valence-corrected chi connectivity index (χ3v) is 3.11. The van der Waals surface area contributed by atoms with E-state index in [0.717, 1.165) is 13.8 Å². The minimum absolute atomic E-state index is 0.669. The summed E-state index contributed by atoms with van der Waals surface area (Å²) in [7, 11) is -5.33. The normalized spacial score (nSPS) is 14.9. The summed E-state index contributed by atoms with van der Waals surface area (Å²) in [5.74, 6) is -4.43. The van der Waals surface area contributed by atoms with Gasteiger partial charge < -0.3 is 9.79 Å². The second kappa shape index (κ2) is 5.40. The van der Waals surface area contributed by atoms with Gasteiger partial charge in [-0.2, -0.15) is 13.2 Å². The maximum atomic E-state index is 13.6. The van der Waals surface area contributed by atoms with Gasteiger partial charge in [-0.1, -0.05) is 13.8 Å². The van der Waals surface area contributed by atoms with Crippen LogP contribution in [0, 0.1) is 0 Å². The molecule has 0 bridgehead atoms. The first-order valence-electron chi connectivity index (χ1n) is 4.99. The smallest absolute Gasteiger partial charge is 0.303 e. The summed E-state index contributed by atoms with van der Waals surface area (Å²) in [6.45, 7) is 2.15. The van der Waals surface area contributed by atoms with Gasteiger partial charge in [0.1, 0.15) is 12.0 Å². The van der Waals surface area contributed by atoms with Crippen molar-refractivity contribution in [3.8, 4) is 0 Å². The van der Waals surface area contributed by atoms with E-state index >= 15 is 0 Å². The maximum Gasteiger partial charge on any atom is 0.470 e. The lowest BCUT2D eigenvalue weighted by atomic mass is 9.87. The van der Waals surface area contributed by atoms with Gasteiger partial charge in [0.25, 0.3) is 5.92 Å². The number of hydrogen-bond acceptors (Lipinski definition) is 2. The Morgan fingerprint density at radius 1 is 1.06 bits per heavy atom. The van der Waals surface area contributed by atoms with Crippen molar-refractivity contribution < 1.29 is 40.8 Å². The molecule has 0 aromatic carbocycles. The third kappa shape index (κ3) is 4.79. The lowest BCUT2D eigenvalue weighted by Crippen LogP contribution is -2.51. The molecular formula is C8H14F5O4P. The van der Waals surface area contributed by atoms with Gasteiger partial charge in [0.15, 0.2) is 0 Å². The molecule has 2 N–H and O–H groups in total. The number of rotatable bonds is 6. The molecule has 4 nitrogen and oxygen atoms in total. The van der Waals surface area contributed by atoms with Gasteiger partial charge in [-0.15, -0.1) is 0 Å². The third-order valence-electron chi connectivity index (χ3n) is 2.52. The zero-order chi connectivity index (χ0) is 14.8. The summed E-state index contributed by atoms with van der Waals surface area (Å²) in [6, 6.07) is 0. The highest BCUT2D eigenvalue weighted by atomic mass is 31.2. The Bertz CT molecular complexity index is 320. The molecule has 0 radical (unpaired) electrons. The summed E-state index contributed by atoms with van der Waals surface area (Å²) in [5, 5.41) is 0. The summed E-state index contributed by atoms with van der Waals surface area (Å²) < 4.78 is 77.9. The van der Waals surface area contributed by atoms with Crippen molar-refractivity contribution >= 4 is 7.82 Å². The van der Waals surface area contributed by atoms with E-state index in [1.165, 1.54) is 0 Å². The summed E-state index contributed by atoms with van der Waals surface area (Å²) >= 11 is 0. The predicted molar refractivity (Wildman–Crippen MR) is 52.1 cm³/mol. The van der Waals surface area contributed by atoms with Crippen molar-refractivity contribution in [1.29, 1.82) is 0 Å². The van der Waals surface area contributed by atoms with Gasteiger partial charge in [-0.25, -0.2) is 13.3 Å². The minimum atomic E-state index is -5.33. The SMILES string of the molecule is CCC(CC)(OP(=O)(O)O)C(F)(F)CC(F)(F)F. The van der Waals surface area contributed by atoms with Crippen LogP contribution >= 0.6 is 7.82 Å². The van der Waals surface area contributed by atoms with Crippen LogP contribution in [-0.4, -0.2) is 27.5 Å². The van der Waals surface area contributed by atoms with Crippen LogP contribution in [-0.2, 0) is 9.09 Å². The molecule has 10 heteroatoms. The van der Waals surface area contributed by atoms with Crippen LogP contribution < -0.4 is 0 Å². The molecule has 0 aromatic heterocycles. The van der Waals surface area contributed by atoms with E-state index in [1.54, 1.807) is 0 Å². The van der Waals surface area contributed by atoms with Gasteiger partial charge >= 0.3 is 14.0 Å². The fourth-order valence-electron chi connectivity index (χ4n) is 1.60. The van der Waals surface area contributed by atoms with Gasteiger partial charge in [0.05, 0.1) is 0 Å². The van der Waals surface area contributed by atoms with E-state index in [-0.39, 0.29) is 0 Å². The Hall–Kier alpha value is -0.240. The van der Waals surface area contributed by atoms with E-state index in [9.17, 15) is 26.5 Å². The van der Waals surface area contributed by atoms with Crippen LogP contribution in [0.2, 0.25) is 0 Å². The van der Waals surface area contributed by atoms with Crippen LogP contribution in [0.4, 0.5) is 22.0 Å². The Labute approximate surface area is 100 Å². The van der Waals surface area contributed by atoms with E-state index in [4.69, 9.17) is 9.79 Å². The van der Waals surface area contributed by atoms with Crippen LogP contribution in [0.1, 0.15) is 33.1 Å². The fourth-order valence-corrected chi connectivity index (χ4v) is 2.45. The Balaban J connectivity index is 5.38.